The lowest BCUT2D eigenvalue weighted by Crippen LogP contribution is -2.21. The van der Waals surface area contributed by atoms with Crippen LogP contribution >= 0.6 is 11.6 Å². The summed E-state index contributed by atoms with van der Waals surface area (Å²) in [7, 11) is 1.36. The van der Waals surface area contributed by atoms with Gasteiger partial charge in [-0.3, -0.25) is 9.63 Å². The predicted molar refractivity (Wildman–Crippen MR) is 50.3 cm³/mol. The molecule has 0 unspecified atom stereocenters. The Kier molecular flexibility index (Phi) is 3.11. The van der Waals surface area contributed by atoms with Crippen LogP contribution in [-0.4, -0.2) is 13.0 Å². The molecule has 0 atom stereocenters. The van der Waals surface area contributed by atoms with Gasteiger partial charge in [-0.2, -0.15) is 0 Å². The number of amides is 1. The fourth-order valence-electron chi connectivity index (χ4n) is 0.837. The monoisotopic (exact) mass is 200 g/mol. The number of nitrogens with one attached hydrogen (secondary N) is 1. The van der Waals surface area contributed by atoms with Crippen molar-refractivity contribution in [2.45, 2.75) is 0 Å². The summed E-state index contributed by atoms with van der Waals surface area (Å²) in [6, 6.07) is 4.60. The minimum absolute atomic E-state index is 0.356. The molecule has 4 nitrogen and oxygen atoms in total. The van der Waals surface area contributed by atoms with Gasteiger partial charge in [0.2, 0.25) is 0 Å². The van der Waals surface area contributed by atoms with Crippen LogP contribution in [0.1, 0.15) is 10.4 Å². The molecule has 3 N–H and O–H groups in total. The van der Waals surface area contributed by atoms with Crippen molar-refractivity contribution in [1.29, 1.82) is 0 Å². The van der Waals surface area contributed by atoms with Crippen molar-refractivity contribution in [3.05, 3.63) is 28.8 Å². The molecular weight excluding hydrogens is 192 g/mol. The van der Waals surface area contributed by atoms with Crippen molar-refractivity contribution >= 4 is 23.2 Å². The van der Waals surface area contributed by atoms with E-state index in [9.17, 15) is 4.79 Å². The standard InChI is InChI=1S/C8H9ClN2O2/c1-13-11-8(12)5-2-3-6(9)7(10)4-5/h2-4H,10H2,1H3,(H,11,12). The molecule has 1 amide bonds. The molecule has 0 aliphatic rings. The molecule has 0 aliphatic carbocycles. The first kappa shape index (κ1) is 9.83. The van der Waals surface area contributed by atoms with Crippen LogP contribution in [0.3, 0.4) is 0 Å². The van der Waals surface area contributed by atoms with Crippen molar-refractivity contribution in [3.63, 3.8) is 0 Å². The highest BCUT2D eigenvalue weighted by Gasteiger charge is 2.06. The third-order valence-corrected chi connectivity index (χ3v) is 1.80. The Balaban J connectivity index is 2.90. The number of nitrogen functional groups attached to an aromatic ring is 1. The first-order valence-electron chi connectivity index (χ1n) is 3.53. The largest absolute Gasteiger partial charge is 0.398 e. The second kappa shape index (κ2) is 4.11. The maximum Gasteiger partial charge on any atom is 0.274 e. The highest BCUT2D eigenvalue weighted by atomic mass is 35.5. The fraction of sp³-hybridized carbons (Fsp3) is 0.125. The van der Waals surface area contributed by atoms with E-state index in [-0.39, 0.29) is 5.91 Å². The lowest BCUT2D eigenvalue weighted by Gasteiger charge is -2.03. The Morgan fingerprint density at radius 1 is 1.62 bits per heavy atom. The van der Waals surface area contributed by atoms with Gasteiger partial charge >= 0.3 is 0 Å². The van der Waals surface area contributed by atoms with E-state index in [4.69, 9.17) is 17.3 Å². The average Bonchev–Trinajstić information content (AvgIpc) is 2.10. The van der Waals surface area contributed by atoms with Crippen molar-refractivity contribution < 1.29 is 9.63 Å². The first-order chi connectivity index (χ1) is 6.15. The number of hydrogen-bond donors (Lipinski definition) is 2. The maximum absolute atomic E-state index is 11.2. The number of rotatable bonds is 2. The molecule has 0 saturated heterocycles. The zero-order valence-electron chi connectivity index (χ0n) is 7.00. The number of carbonyl (C=O) groups excluding carboxylic acids is 1. The molecule has 1 aromatic carbocycles. The Morgan fingerprint density at radius 3 is 2.85 bits per heavy atom. The summed E-state index contributed by atoms with van der Waals surface area (Å²) in [5, 5.41) is 0.425. The van der Waals surface area contributed by atoms with Crippen LogP contribution in [0.5, 0.6) is 0 Å². The minimum atomic E-state index is -0.356. The van der Waals surface area contributed by atoms with Gasteiger partial charge in [0.05, 0.1) is 17.8 Å². The topological polar surface area (TPSA) is 64.3 Å². The highest BCUT2D eigenvalue weighted by molar-refractivity contribution is 6.33. The highest BCUT2D eigenvalue weighted by Crippen LogP contribution is 2.19. The Morgan fingerprint density at radius 2 is 2.31 bits per heavy atom. The SMILES string of the molecule is CONC(=O)c1ccc(Cl)c(N)c1. The molecule has 0 saturated carbocycles. The number of anilines is 1. The second-order valence-corrected chi connectivity index (χ2v) is 2.78. The van der Waals surface area contributed by atoms with Crippen LogP contribution in [0.4, 0.5) is 5.69 Å². The quantitative estimate of drug-likeness (QED) is 0.557. The van der Waals surface area contributed by atoms with Gasteiger partial charge in [0.25, 0.3) is 5.91 Å². The Hall–Kier alpha value is -1.26. The smallest absolute Gasteiger partial charge is 0.274 e. The minimum Gasteiger partial charge on any atom is -0.398 e. The summed E-state index contributed by atoms with van der Waals surface area (Å²) >= 11 is 5.67. The molecule has 1 rings (SSSR count). The summed E-state index contributed by atoms with van der Waals surface area (Å²) in [6.07, 6.45) is 0. The van der Waals surface area contributed by atoms with Gasteiger partial charge in [-0.25, -0.2) is 5.48 Å². The second-order valence-electron chi connectivity index (χ2n) is 2.37. The van der Waals surface area contributed by atoms with E-state index in [1.807, 2.05) is 0 Å². The van der Waals surface area contributed by atoms with Crippen LogP contribution in [0.2, 0.25) is 5.02 Å². The van der Waals surface area contributed by atoms with Gasteiger partial charge in [0.1, 0.15) is 0 Å². The van der Waals surface area contributed by atoms with Crippen molar-refractivity contribution in [3.8, 4) is 0 Å². The number of hydrogen-bond acceptors (Lipinski definition) is 3. The number of hydroxylamine groups is 1. The van der Waals surface area contributed by atoms with Crippen LogP contribution in [0.15, 0.2) is 18.2 Å². The lowest BCUT2D eigenvalue weighted by atomic mass is 10.2. The normalized spacial score (nSPS) is 9.69. The molecule has 5 heteroatoms. The molecule has 13 heavy (non-hydrogen) atoms. The molecule has 0 aromatic heterocycles. The Labute approximate surface area is 80.6 Å². The van der Waals surface area contributed by atoms with E-state index in [1.165, 1.54) is 13.2 Å². The molecule has 1 aromatic rings. The van der Waals surface area contributed by atoms with Crippen LogP contribution < -0.4 is 11.2 Å². The molecular formula is C8H9ClN2O2. The van der Waals surface area contributed by atoms with Gasteiger partial charge in [0.15, 0.2) is 0 Å². The number of halogens is 1. The van der Waals surface area contributed by atoms with E-state index >= 15 is 0 Å². The van der Waals surface area contributed by atoms with E-state index in [1.54, 1.807) is 12.1 Å². The van der Waals surface area contributed by atoms with Crippen molar-refractivity contribution in [2.75, 3.05) is 12.8 Å². The molecule has 0 bridgehead atoms. The van der Waals surface area contributed by atoms with Gasteiger partial charge in [-0.1, -0.05) is 11.6 Å². The van der Waals surface area contributed by atoms with E-state index in [0.717, 1.165) is 0 Å². The van der Waals surface area contributed by atoms with Crippen LogP contribution in [0, 0.1) is 0 Å². The number of carbonyl (C=O) groups is 1. The Bertz CT molecular complexity index is 328. The first-order valence-corrected chi connectivity index (χ1v) is 3.91. The molecule has 70 valence electrons. The zero-order valence-corrected chi connectivity index (χ0v) is 7.76. The van der Waals surface area contributed by atoms with Gasteiger partial charge in [0, 0.05) is 5.56 Å². The van der Waals surface area contributed by atoms with Gasteiger partial charge in [-0.15, -0.1) is 0 Å². The summed E-state index contributed by atoms with van der Waals surface area (Å²) in [4.78, 5) is 15.6. The van der Waals surface area contributed by atoms with E-state index in [2.05, 4.69) is 10.3 Å². The van der Waals surface area contributed by atoms with Crippen molar-refractivity contribution in [2.24, 2.45) is 0 Å². The van der Waals surface area contributed by atoms with E-state index < -0.39 is 0 Å². The summed E-state index contributed by atoms with van der Waals surface area (Å²) in [5.41, 5.74) is 8.45. The maximum atomic E-state index is 11.2. The van der Waals surface area contributed by atoms with Crippen molar-refractivity contribution in [1.82, 2.24) is 5.48 Å². The molecule has 0 heterocycles. The van der Waals surface area contributed by atoms with E-state index in [0.29, 0.717) is 16.3 Å². The summed E-state index contributed by atoms with van der Waals surface area (Å²) in [5.74, 6) is -0.356. The van der Waals surface area contributed by atoms with Gasteiger partial charge in [-0.05, 0) is 18.2 Å². The predicted octanol–water partition coefficient (Wildman–Crippen LogP) is 1.21. The lowest BCUT2D eigenvalue weighted by molar-refractivity contribution is 0.0537. The summed E-state index contributed by atoms with van der Waals surface area (Å²) in [6.45, 7) is 0. The third-order valence-electron chi connectivity index (χ3n) is 1.45. The number of benzene rings is 1. The van der Waals surface area contributed by atoms with Crippen LogP contribution in [0.25, 0.3) is 0 Å². The molecule has 0 aliphatic heterocycles. The van der Waals surface area contributed by atoms with Gasteiger partial charge < -0.3 is 5.73 Å². The zero-order chi connectivity index (χ0) is 9.84. The third kappa shape index (κ3) is 2.34. The summed E-state index contributed by atoms with van der Waals surface area (Å²) < 4.78 is 0. The average molecular weight is 201 g/mol. The van der Waals surface area contributed by atoms with Crippen LogP contribution in [-0.2, 0) is 4.84 Å². The number of nitrogens with two attached hydrogens (primary N) is 1. The molecule has 0 radical (unpaired) electrons. The fourth-order valence-corrected chi connectivity index (χ4v) is 0.954. The molecule has 0 fully saturated rings. The molecule has 0 spiro atoms.